The van der Waals surface area contributed by atoms with Crippen molar-refractivity contribution >= 4 is 40.4 Å². The summed E-state index contributed by atoms with van der Waals surface area (Å²) in [7, 11) is 0. The van der Waals surface area contributed by atoms with Crippen LogP contribution >= 0.6 is 12.6 Å². The first-order chi connectivity index (χ1) is 15.7. The van der Waals surface area contributed by atoms with E-state index < -0.39 is 0 Å². The van der Waals surface area contributed by atoms with Gasteiger partial charge in [-0.1, -0.05) is 24.3 Å². The van der Waals surface area contributed by atoms with Crippen LogP contribution in [0.5, 0.6) is 0 Å². The van der Waals surface area contributed by atoms with E-state index in [2.05, 4.69) is 62.8 Å². The van der Waals surface area contributed by atoms with Gasteiger partial charge in [0.2, 0.25) is 0 Å². The number of nitrogens with zero attached hydrogens (tertiary/aromatic N) is 5. The molecule has 1 fully saturated rings. The molecule has 1 N–H and O–H groups in total. The molecule has 6 rings (SSSR count). The quantitative estimate of drug-likeness (QED) is 0.399. The molecule has 5 aromatic rings. The second-order valence-electron chi connectivity index (χ2n) is 8.25. The smallest absolute Gasteiger partial charge is 0.179 e. The zero-order valence-corrected chi connectivity index (χ0v) is 18.3. The maximum Gasteiger partial charge on any atom is 0.179 e. The molecule has 7 heteroatoms. The molecule has 1 atom stereocenters. The van der Waals surface area contributed by atoms with Gasteiger partial charge in [-0.2, -0.15) is 12.6 Å². The first-order valence-corrected chi connectivity index (χ1v) is 11.3. The molecular formula is C25H22N6S. The van der Waals surface area contributed by atoms with E-state index >= 15 is 0 Å². The molecule has 0 radical (unpaired) electrons. The van der Waals surface area contributed by atoms with E-state index in [1.54, 1.807) is 0 Å². The Bertz CT molecular complexity index is 1420. The van der Waals surface area contributed by atoms with Crippen LogP contribution in [0.15, 0.2) is 67.1 Å². The van der Waals surface area contributed by atoms with Gasteiger partial charge < -0.3 is 9.88 Å². The predicted molar refractivity (Wildman–Crippen MR) is 131 cm³/mol. The van der Waals surface area contributed by atoms with Crippen molar-refractivity contribution in [2.24, 2.45) is 0 Å². The number of aromatic nitrogens is 5. The Labute approximate surface area is 191 Å². The van der Waals surface area contributed by atoms with Crippen LogP contribution < -0.4 is 4.90 Å². The molecule has 32 heavy (non-hydrogen) atoms. The normalized spacial score (nSPS) is 16.3. The number of fused-ring (bicyclic) bond motifs is 2. The number of H-pyrrole nitrogens is 1. The topological polar surface area (TPSA) is 70.6 Å². The molecule has 1 unspecified atom stereocenters. The lowest BCUT2D eigenvalue weighted by Gasteiger charge is -2.15. The van der Waals surface area contributed by atoms with E-state index in [4.69, 9.17) is 9.97 Å². The number of thiol groups is 1. The molecular weight excluding hydrogens is 416 g/mol. The largest absolute Gasteiger partial charge is 0.355 e. The van der Waals surface area contributed by atoms with E-state index in [0.717, 1.165) is 69.9 Å². The number of anilines is 1. The Hall–Kier alpha value is -3.45. The molecule has 0 spiro atoms. The third kappa shape index (κ3) is 3.58. The highest BCUT2D eigenvalue weighted by Crippen LogP contribution is 2.27. The summed E-state index contributed by atoms with van der Waals surface area (Å²) in [4.78, 5) is 24.3. The molecule has 0 amide bonds. The van der Waals surface area contributed by atoms with E-state index in [1.165, 1.54) is 0 Å². The van der Waals surface area contributed by atoms with Gasteiger partial charge >= 0.3 is 0 Å². The van der Waals surface area contributed by atoms with Crippen LogP contribution in [0.4, 0.5) is 5.82 Å². The third-order valence-electron chi connectivity index (χ3n) is 6.01. The molecule has 4 aromatic heterocycles. The number of aromatic amines is 1. The Kier molecular flexibility index (Phi) is 4.76. The van der Waals surface area contributed by atoms with Gasteiger partial charge in [0.15, 0.2) is 5.65 Å². The second kappa shape index (κ2) is 7.91. The summed E-state index contributed by atoms with van der Waals surface area (Å²) in [6, 6.07) is 16.5. The minimum atomic E-state index is 0.417. The van der Waals surface area contributed by atoms with Gasteiger partial charge in [-0.25, -0.2) is 9.97 Å². The van der Waals surface area contributed by atoms with Crippen molar-refractivity contribution in [2.45, 2.75) is 18.1 Å². The van der Waals surface area contributed by atoms with Crippen molar-refractivity contribution in [1.29, 1.82) is 0 Å². The zero-order valence-electron chi connectivity index (χ0n) is 17.4. The van der Waals surface area contributed by atoms with Crippen molar-refractivity contribution < 1.29 is 0 Å². The van der Waals surface area contributed by atoms with Crippen molar-refractivity contribution in [2.75, 3.05) is 18.0 Å². The fourth-order valence-corrected chi connectivity index (χ4v) is 4.70. The molecule has 0 aliphatic carbocycles. The molecule has 1 aromatic carbocycles. The highest BCUT2D eigenvalue weighted by Gasteiger charge is 2.21. The van der Waals surface area contributed by atoms with Crippen LogP contribution in [0, 0.1) is 0 Å². The Balaban J connectivity index is 1.30. The number of hydrogen-bond acceptors (Lipinski definition) is 6. The fourth-order valence-electron chi connectivity index (χ4n) is 4.39. The van der Waals surface area contributed by atoms with Gasteiger partial charge in [0.25, 0.3) is 0 Å². The minimum Gasteiger partial charge on any atom is -0.355 e. The summed E-state index contributed by atoms with van der Waals surface area (Å²) in [5.74, 6) is 1.87. The van der Waals surface area contributed by atoms with Crippen LogP contribution in [0.3, 0.4) is 0 Å². The van der Waals surface area contributed by atoms with Gasteiger partial charge in [-0.05, 0) is 41.6 Å². The number of nitrogens with one attached hydrogen (secondary N) is 1. The van der Waals surface area contributed by atoms with Crippen LogP contribution in [0.1, 0.15) is 17.8 Å². The first-order valence-electron chi connectivity index (χ1n) is 10.8. The maximum absolute atomic E-state index is 4.78. The van der Waals surface area contributed by atoms with Gasteiger partial charge in [0, 0.05) is 54.3 Å². The zero-order chi connectivity index (χ0) is 21.5. The maximum atomic E-state index is 4.78. The molecule has 1 aliphatic heterocycles. The van der Waals surface area contributed by atoms with Crippen LogP contribution in [0.2, 0.25) is 0 Å². The highest BCUT2D eigenvalue weighted by atomic mass is 32.1. The summed E-state index contributed by atoms with van der Waals surface area (Å²) >= 11 is 4.59. The molecule has 1 saturated heterocycles. The number of benzene rings is 1. The molecule has 1 aliphatic rings. The number of pyridine rings is 3. The highest BCUT2D eigenvalue weighted by molar-refractivity contribution is 7.81. The summed E-state index contributed by atoms with van der Waals surface area (Å²) in [5.41, 5.74) is 4.80. The Morgan fingerprint density at radius 1 is 1.06 bits per heavy atom. The minimum absolute atomic E-state index is 0.417. The average molecular weight is 439 g/mol. The molecule has 5 heterocycles. The SMILES string of the molecule is SC1CCN(c2ccc3[nH]c(Cc4ccnc(-c5cncc6ccccc56)c4)nc3n2)C1. The summed E-state index contributed by atoms with van der Waals surface area (Å²) in [5, 5.41) is 2.68. The van der Waals surface area contributed by atoms with Crippen molar-refractivity contribution in [3.05, 3.63) is 78.5 Å². The Morgan fingerprint density at radius 2 is 2.00 bits per heavy atom. The summed E-state index contributed by atoms with van der Waals surface area (Å²) in [6.07, 6.45) is 7.39. The number of imidazole rings is 1. The van der Waals surface area contributed by atoms with Crippen LogP contribution in [0.25, 0.3) is 33.2 Å². The summed E-state index contributed by atoms with van der Waals surface area (Å²) < 4.78 is 0. The fraction of sp³-hybridized carbons (Fsp3) is 0.200. The number of rotatable bonds is 4. The lowest BCUT2D eigenvalue weighted by Crippen LogP contribution is -2.20. The van der Waals surface area contributed by atoms with E-state index in [9.17, 15) is 0 Å². The first kappa shape index (κ1) is 19.3. The molecule has 158 valence electrons. The van der Waals surface area contributed by atoms with Crippen molar-refractivity contribution in [3.63, 3.8) is 0 Å². The van der Waals surface area contributed by atoms with E-state index in [-0.39, 0.29) is 0 Å². The molecule has 0 saturated carbocycles. The predicted octanol–water partition coefficient (Wildman–Crippen LogP) is 4.67. The standard InChI is InChI=1S/C25H22N6S/c32-18-8-10-31(15-18)24-6-5-21-25(30-24)29-23(28-21)12-16-7-9-27-22(11-16)20-14-26-13-17-3-1-2-4-19(17)20/h1-7,9,11,13-14,18,32H,8,10,12,15H2,(H,28,29,30). The number of hydrogen-bond donors (Lipinski definition) is 2. The monoisotopic (exact) mass is 438 g/mol. The van der Waals surface area contributed by atoms with Crippen molar-refractivity contribution in [1.82, 2.24) is 24.9 Å². The Morgan fingerprint density at radius 3 is 2.91 bits per heavy atom. The van der Waals surface area contributed by atoms with Crippen molar-refractivity contribution in [3.8, 4) is 11.3 Å². The van der Waals surface area contributed by atoms with Crippen LogP contribution in [-0.2, 0) is 6.42 Å². The summed E-state index contributed by atoms with van der Waals surface area (Å²) in [6.45, 7) is 1.93. The van der Waals surface area contributed by atoms with E-state index in [0.29, 0.717) is 11.7 Å². The molecule has 0 bridgehead atoms. The lowest BCUT2D eigenvalue weighted by molar-refractivity contribution is 0.942. The van der Waals surface area contributed by atoms with Crippen LogP contribution in [-0.4, -0.2) is 43.3 Å². The van der Waals surface area contributed by atoms with Gasteiger partial charge in [-0.3, -0.25) is 9.97 Å². The third-order valence-corrected chi connectivity index (χ3v) is 6.43. The average Bonchev–Trinajstić information content (AvgIpc) is 3.43. The van der Waals surface area contributed by atoms with Gasteiger partial charge in [0.05, 0.1) is 11.2 Å². The van der Waals surface area contributed by atoms with Gasteiger partial charge in [0.1, 0.15) is 11.6 Å². The van der Waals surface area contributed by atoms with Gasteiger partial charge in [-0.15, -0.1) is 0 Å². The van der Waals surface area contributed by atoms with E-state index in [1.807, 2.05) is 36.8 Å². The molecule has 6 nitrogen and oxygen atoms in total. The second-order valence-corrected chi connectivity index (χ2v) is 8.98. The lowest BCUT2D eigenvalue weighted by atomic mass is 10.0.